The van der Waals surface area contributed by atoms with Gasteiger partial charge in [0.1, 0.15) is 5.75 Å². The average Bonchev–Trinajstić information content (AvgIpc) is 2.60. The van der Waals surface area contributed by atoms with Crippen LogP contribution in [0.2, 0.25) is 0 Å². The fourth-order valence-electron chi connectivity index (χ4n) is 2.53. The number of likely N-dealkylation sites (tertiary alicyclic amines) is 1. The second kappa shape index (κ2) is 8.82. The van der Waals surface area contributed by atoms with E-state index in [9.17, 15) is 9.59 Å². The molecule has 2 rings (SSSR count). The molecule has 126 valence electrons. The summed E-state index contributed by atoms with van der Waals surface area (Å²) in [6.45, 7) is 3.49. The van der Waals surface area contributed by atoms with Crippen molar-refractivity contribution in [1.82, 2.24) is 4.90 Å². The van der Waals surface area contributed by atoms with E-state index in [-0.39, 0.29) is 17.8 Å². The monoisotopic (exact) mass is 337 g/mol. The number of hydrogen-bond donors (Lipinski definition) is 0. The van der Waals surface area contributed by atoms with E-state index >= 15 is 0 Å². The molecular formula is C17H23NO4S. The molecule has 0 aromatic heterocycles. The minimum atomic E-state index is -0.132. The summed E-state index contributed by atoms with van der Waals surface area (Å²) >= 11 is 1.52. The molecule has 1 saturated heterocycles. The molecule has 23 heavy (non-hydrogen) atoms. The Kier molecular flexibility index (Phi) is 6.77. The minimum absolute atomic E-state index is 0.0618. The molecule has 6 heteroatoms. The van der Waals surface area contributed by atoms with Gasteiger partial charge in [-0.2, -0.15) is 0 Å². The number of nitrogens with zero attached hydrogens (tertiary/aromatic N) is 1. The molecule has 5 nitrogen and oxygen atoms in total. The van der Waals surface area contributed by atoms with Crippen LogP contribution in [0.5, 0.6) is 5.75 Å². The Morgan fingerprint density at radius 3 is 2.43 bits per heavy atom. The van der Waals surface area contributed by atoms with Crippen molar-refractivity contribution in [3.63, 3.8) is 0 Å². The molecule has 1 aromatic carbocycles. The Labute approximate surface area is 141 Å². The first kappa shape index (κ1) is 17.7. The van der Waals surface area contributed by atoms with Gasteiger partial charge in [-0.1, -0.05) is 0 Å². The Balaban J connectivity index is 1.75. The maximum atomic E-state index is 12.3. The van der Waals surface area contributed by atoms with E-state index in [0.717, 1.165) is 10.6 Å². The van der Waals surface area contributed by atoms with Gasteiger partial charge in [-0.15, -0.1) is 11.8 Å². The first-order valence-corrected chi connectivity index (χ1v) is 8.84. The van der Waals surface area contributed by atoms with Crippen molar-refractivity contribution in [2.24, 2.45) is 5.92 Å². The lowest BCUT2D eigenvalue weighted by atomic mass is 9.97. The van der Waals surface area contributed by atoms with E-state index in [0.29, 0.717) is 38.3 Å². The summed E-state index contributed by atoms with van der Waals surface area (Å²) in [4.78, 5) is 26.8. The molecule has 1 fully saturated rings. The highest BCUT2D eigenvalue weighted by atomic mass is 32.2. The summed E-state index contributed by atoms with van der Waals surface area (Å²) in [6, 6.07) is 7.67. The van der Waals surface area contributed by atoms with Gasteiger partial charge < -0.3 is 14.4 Å². The lowest BCUT2D eigenvalue weighted by Gasteiger charge is -2.30. The molecule has 0 bridgehead atoms. The van der Waals surface area contributed by atoms with Crippen LogP contribution in [-0.4, -0.2) is 49.3 Å². The normalized spacial score (nSPS) is 15.3. The molecule has 0 N–H and O–H groups in total. The van der Waals surface area contributed by atoms with Crippen molar-refractivity contribution in [3.05, 3.63) is 24.3 Å². The lowest BCUT2D eigenvalue weighted by molar-refractivity contribution is -0.151. The van der Waals surface area contributed by atoms with Gasteiger partial charge in [0.25, 0.3) is 0 Å². The number of ether oxygens (including phenoxy) is 2. The zero-order chi connectivity index (χ0) is 16.7. The third kappa shape index (κ3) is 5.16. The fourth-order valence-corrected chi connectivity index (χ4v) is 3.33. The second-order valence-corrected chi connectivity index (χ2v) is 6.42. The quantitative estimate of drug-likeness (QED) is 0.590. The van der Waals surface area contributed by atoms with Crippen molar-refractivity contribution < 1.29 is 19.1 Å². The lowest BCUT2D eigenvalue weighted by Crippen LogP contribution is -2.41. The molecule has 1 amide bonds. The number of rotatable bonds is 6. The van der Waals surface area contributed by atoms with Crippen LogP contribution in [0.15, 0.2) is 29.2 Å². The smallest absolute Gasteiger partial charge is 0.309 e. The number of carbonyl (C=O) groups is 2. The molecule has 0 atom stereocenters. The summed E-state index contributed by atoms with van der Waals surface area (Å²) in [7, 11) is 1.63. The highest BCUT2D eigenvalue weighted by Gasteiger charge is 2.27. The van der Waals surface area contributed by atoms with E-state index in [1.165, 1.54) is 11.8 Å². The van der Waals surface area contributed by atoms with E-state index in [2.05, 4.69) is 0 Å². The third-order valence-electron chi connectivity index (χ3n) is 3.89. The van der Waals surface area contributed by atoms with Crippen LogP contribution in [0.1, 0.15) is 19.8 Å². The van der Waals surface area contributed by atoms with Crippen LogP contribution in [0.3, 0.4) is 0 Å². The van der Waals surface area contributed by atoms with Crippen molar-refractivity contribution >= 4 is 23.6 Å². The Bertz CT molecular complexity index is 524. The minimum Gasteiger partial charge on any atom is -0.497 e. The Morgan fingerprint density at radius 1 is 1.22 bits per heavy atom. The molecule has 1 heterocycles. The molecule has 1 aliphatic heterocycles. The van der Waals surface area contributed by atoms with Gasteiger partial charge in [-0.25, -0.2) is 0 Å². The molecule has 0 spiro atoms. The molecule has 0 aliphatic carbocycles. The number of carbonyl (C=O) groups excluding carboxylic acids is 2. The fraction of sp³-hybridized carbons (Fsp3) is 0.529. The highest BCUT2D eigenvalue weighted by Crippen LogP contribution is 2.23. The Hall–Kier alpha value is -1.69. The number of hydrogen-bond acceptors (Lipinski definition) is 5. The van der Waals surface area contributed by atoms with Crippen molar-refractivity contribution in [3.8, 4) is 5.75 Å². The molecule has 1 aromatic rings. The van der Waals surface area contributed by atoms with Crippen molar-refractivity contribution in [2.45, 2.75) is 24.7 Å². The summed E-state index contributed by atoms with van der Waals surface area (Å²) in [5, 5.41) is 0. The first-order chi connectivity index (χ1) is 11.1. The highest BCUT2D eigenvalue weighted by molar-refractivity contribution is 8.00. The van der Waals surface area contributed by atoms with Crippen LogP contribution in [0.4, 0.5) is 0 Å². The van der Waals surface area contributed by atoms with Crippen molar-refractivity contribution in [1.29, 1.82) is 0 Å². The van der Waals surface area contributed by atoms with Crippen molar-refractivity contribution in [2.75, 3.05) is 32.6 Å². The van der Waals surface area contributed by atoms with Crippen LogP contribution in [0, 0.1) is 5.92 Å². The Morgan fingerprint density at radius 2 is 1.87 bits per heavy atom. The standard InChI is InChI=1S/C17H23NO4S/c1-3-22-17(20)13-8-10-18(11-9-13)16(19)12-23-15-6-4-14(21-2)5-7-15/h4-7,13H,3,8-12H2,1-2H3. The van der Waals surface area contributed by atoms with Gasteiger partial charge in [0.15, 0.2) is 0 Å². The summed E-state index contributed by atoms with van der Waals surface area (Å²) < 4.78 is 10.2. The first-order valence-electron chi connectivity index (χ1n) is 7.85. The molecular weight excluding hydrogens is 314 g/mol. The predicted molar refractivity (Wildman–Crippen MR) is 89.7 cm³/mol. The molecule has 0 saturated carbocycles. The second-order valence-electron chi connectivity index (χ2n) is 5.37. The van der Waals surface area contributed by atoms with Gasteiger partial charge in [-0.05, 0) is 44.0 Å². The van der Waals surface area contributed by atoms with Gasteiger partial charge in [0, 0.05) is 18.0 Å². The van der Waals surface area contributed by atoms with Gasteiger partial charge in [0.2, 0.25) is 5.91 Å². The molecule has 0 unspecified atom stereocenters. The molecule has 1 aliphatic rings. The maximum Gasteiger partial charge on any atom is 0.309 e. The van der Waals surface area contributed by atoms with E-state index < -0.39 is 0 Å². The van der Waals surface area contributed by atoms with Crippen LogP contribution in [-0.2, 0) is 14.3 Å². The van der Waals surface area contributed by atoms with E-state index in [4.69, 9.17) is 9.47 Å². The zero-order valence-corrected chi connectivity index (χ0v) is 14.4. The number of thioether (sulfide) groups is 1. The van der Waals surface area contributed by atoms with Gasteiger partial charge in [-0.3, -0.25) is 9.59 Å². The van der Waals surface area contributed by atoms with Crippen LogP contribution in [0.25, 0.3) is 0 Å². The van der Waals surface area contributed by atoms with E-state index in [1.807, 2.05) is 36.1 Å². The molecule has 0 radical (unpaired) electrons. The number of esters is 1. The van der Waals surface area contributed by atoms with Gasteiger partial charge in [0.05, 0.1) is 25.4 Å². The van der Waals surface area contributed by atoms with Gasteiger partial charge >= 0.3 is 5.97 Å². The average molecular weight is 337 g/mol. The number of methoxy groups -OCH3 is 1. The van der Waals surface area contributed by atoms with Crippen LogP contribution < -0.4 is 4.74 Å². The number of piperidine rings is 1. The number of amides is 1. The summed E-state index contributed by atoms with van der Waals surface area (Å²) in [6.07, 6.45) is 1.38. The largest absolute Gasteiger partial charge is 0.497 e. The predicted octanol–water partition coefficient (Wildman–Crippen LogP) is 2.59. The maximum absolute atomic E-state index is 12.3. The third-order valence-corrected chi connectivity index (χ3v) is 4.89. The topological polar surface area (TPSA) is 55.8 Å². The number of benzene rings is 1. The van der Waals surface area contributed by atoms with E-state index in [1.54, 1.807) is 7.11 Å². The van der Waals surface area contributed by atoms with Crippen LogP contribution >= 0.6 is 11.8 Å². The zero-order valence-electron chi connectivity index (χ0n) is 13.6. The SMILES string of the molecule is CCOC(=O)C1CCN(C(=O)CSc2ccc(OC)cc2)CC1. The summed E-state index contributed by atoms with van der Waals surface area (Å²) in [5.74, 6) is 1.14. The summed E-state index contributed by atoms with van der Waals surface area (Å²) in [5.41, 5.74) is 0.